The summed E-state index contributed by atoms with van der Waals surface area (Å²) >= 11 is 1.64. The fourth-order valence-electron chi connectivity index (χ4n) is 3.69. The van der Waals surface area contributed by atoms with E-state index in [9.17, 15) is 4.79 Å². The number of ether oxygens (including phenoxy) is 1. The molecule has 2 unspecified atom stereocenters. The predicted molar refractivity (Wildman–Crippen MR) is 125 cm³/mol. The van der Waals surface area contributed by atoms with E-state index in [0.29, 0.717) is 0 Å². The Bertz CT molecular complexity index is 1010. The molecule has 31 heavy (non-hydrogen) atoms. The number of benzene rings is 1. The van der Waals surface area contributed by atoms with Gasteiger partial charge in [0.15, 0.2) is 0 Å². The molecule has 3 aromatic rings. The average molecular weight is 437 g/mol. The molecule has 1 fully saturated rings. The van der Waals surface area contributed by atoms with Crippen molar-refractivity contribution in [3.05, 3.63) is 65.7 Å². The van der Waals surface area contributed by atoms with Crippen molar-refractivity contribution in [2.75, 3.05) is 26.3 Å². The Morgan fingerprint density at radius 1 is 1.16 bits per heavy atom. The van der Waals surface area contributed by atoms with E-state index >= 15 is 0 Å². The number of thiophene rings is 1. The first kappa shape index (κ1) is 21.5. The molecule has 1 aliphatic heterocycles. The highest BCUT2D eigenvalue weighted by Gasteiger charge is 2.22. The first-order valence-electron chi connectivity index (χ1n) is 10.6. The average Bonchev–Trinajstić information content (AvgIpc) is 3.48. The summed E-state index contributed by atoms with van der Waals surface area (Å²) in [4.78, 5) is 16.1. The van der Waals surface area contributed by atoms with Crippen LogP contribution in [0.15, 0.2) is 60.1 Å². The van der Waals surface area contributed by atoms with Gasteiger partial charge in [0.25, 0.3) is 0 Å². The maximum Gasteiger partial charge on any atom is 0.244 e. The van der Waals surface area contributed by atoms with E-state index in [1.807, 2.05) is 64.8 Å². The van der Waals surface area contributed by atoms with E-state index in [0.717, 1.165) is 48.1 Å². The molecular formula is C24H28N4O2S. The lowest BCUT2D eigenvalue weighted by molar-refractivity contribution is -0.117. The Kier molecular flexibility index (Phi) is 6.96. The number of hydrogen-bond acceptors (Lipinski definition) is 5. The Balaban J connectivity index is 1.48. The molecule has 0 aliphatic carbocycles. The number of para-hydroxylation sites is 1. The Hall–Kier alpha value is -2.74. The lowest BCUT2D eigenvalue weighted by Gasteiger charge is -2.35. The topological polar surface area (TPSA) is 59.4 Å². The molecule has 6 nitrogen and oxygen atoms in total. The van der Waals surface area contributed by atoms with Crippen LogP contribution >= 0.6 is 11.3 Å². The number of carbonyl (C=O) groups excluding carboxylic acids is 1. The van der Waals surface area contributed by atoms with Gasteiger partial charge < -0.3 is 10.1 Å². The van der Waals surface area contributed by atoms with Gasteiger partial charge >= 0.3 is 0 Å². The summed E-state index contributed by atoms with van der Waals surface area (Å²) in [6.45, 7) is 7.51. The normalized spacial score (nSPS) is 17.0. The quantitative estimate of drug-likeness (QED) is 0.572. The number of nitrogens with zero attached hydrogens (tertiary/aromatic N) is 3. The van der Waals surface area contributed by atoms with Crippen LogP contribution in [0.4, 0.5) is 0 Å². The predicted octanol–water partition coefficient (Wildman–Crippen LogP) is 3.84. The van der Waals surface area contributed by atoms with Crippen LogP contribution in [0.5, 0.6) is 0 Å². The SMILES string of the molecule is CC(NC(=O)/C=C/c1cn(-c2ccccc2)nc1-c1cccs1)C(C)N1CCOCC1. The van der Waals surface area contributed by atoms with Crippen LogP contribution in [0.3, 0.4) is 0 Å². The molecule has 0 spiro atoms. The van der Waals surface area contributed by atoms with Crippen LogP contribution in [0.2, 0.25) is 0 Å². The Morgan fingerprint density at radius 2 is 1.94 bits per heavy atom. The van der Waals surface area contributed by atoms with Crippen molar-refractivity contribution in [1.29, 1.82) is 0 Å². The summed E-state index contributed by atoms with van der Waals surface area (Å²) in [6.07, 6.45) is 5.42. The molecule has 4 rings (SSSR count). The molecular weight excluding hydrogens is 408 g/mol. The van der Waals surface area contributed by atoms with Crippen molar-refractivity contribution < 1.29 is 9.53 Å². The molecule has 2 atom stereocenters. The summed E-state index contributed by atoms with van der Waals surface area (Å²) in [7, 11) is 0. The van der Waals surface area contributed by atoms with E-state index in [2.05, 4.69) is 24.1 Å². The van der Waals surface area contributed by atoms with Crippen molar-refractivity contribution >= 4 is 23.3 Å². The maximum absolute atomic E-state index is 12.6. The standard InChI is InChI=1S/C24H28N4O2S/c1-18(19(2)27-12-14-30-15-13-27)25-23(29)11-10-20-17-28(21-7-4-3-5-8-21)26-24(20)22-9-6-16-31-22/h3-11,16-19H,12-15H2,1-2H3,(H,25,29)/b11-10+. The largest absolute Gasteiger partial charge is 0.379 e. The third-order valence-corrected chi connectivity index (χ3v) is 6.52. The highest BCUT2D eigenvalue weighted by Crippen LogP contribution is 2.28. The van der Waals surface area contributed by atoms with Crippen molar-refractivity contribution in [3.63, 3.8) is 0 Å². The van der Waals surface area contributed by atoms with Gasteiger partial charge in [0.1, 0.15) is 5.69 Å². The molecule has 3 heterocycles. The molecule has 1 amide bonds. The van der Waals surface area contributed by atoms with Gasteiger partial charge in [-0.25, -0.2) is 4.68 Å². The second kappa shape index (κ2) is 10.0. The Morgan fingerprint density at radius 3 is 2.65 bits per heavy atom. The minimum atomic E-state index is -0.0998. The molecule has 1 aliphatic rings. The van der Waals surface area contributed by atoms with Crippen LogP contribution < -0.4 is 5.32 Å². The number of aromatic nitrogens is 2. The first-order chi connectivity index (χ1) is 15.1. The van der Waals surface area contributed by atoms with E-state index in [1.165, 1.54) is 0 Å². The van der Waals surface area contributed by atoms with E-state index in [4.69, 9.17) is 9.84 Å². The fourth-order valence-corrected chi connectivity index (χ4v) is 4.42. The lowest BCUT2D eigenvalue weighted by atomic mass is 10.1. The second-order valence-electron chi connectivity index (χ2n) is 7.71. The number of nitrogens with one attached hydrogen (secondary N) is 1. The smallest absolute Gasteiger partial charge is 0.244 e. The van der Waals surface area contributed by atoms with Gasteiger partial charge in [0.2, 0.25) is 5.91 Å². The third-order valence-electron chi connectivity index (χ3n) is 5.65. The molecule has 0 saturated carbocycles. The third kappa shape index (κ3) is 5.31. The number of hydrogen-bond donors (Lipinski definition) is 1. The number of morpholine rings is 1. The monoisotopic (exact) mass is 436 g/mol. The molecule has 2 aromatic heterocycles. The molecule has 1 aromatic carbocycles. The van der Waals surface area contributed by atoms with E-state index < -0.39 is 0 Å². The summed E-state index contributed by atoms with van der Waals surface area (Å²) in [5, 5.41) is 9.92. The van der Waals surface area contributed by atoms with Gasteiger partial charge in [0, 0.05) is 43.0 Å². The van der Waals surface area contributed by atoms with Gasteiger partial charge in [-0.2, -0.15) is 5.10 Å². The van der Waals surface area contributed by atoms with E-state index in [1.54, 1.807) is 17.4 Å². The zero-order chi connectivity index (χ0) is 21.6. The lowest BCUT2D eigenvalue weighted by Crippen LogP contribution is -2.51. The second-order valence-corrected chi connectivity index (χ2v) is 8.66. The van der Waals surface area contributed by atoms with Crippen LogP contribution in [0.1, 0.15) is 19.4 Å². The fraction of sp³-hybridized carbons (Fsp3) is 0.333. The van der Waals surface area contributed by atoms with Gasteiger partial charge in [-0.1, -0.05) is 24.3 Å². The van der Waals surface area contributed by atoms with Gasteiger partial charge in [-0.05, 0) is 43.5 Å². The summed E-state index contributed by atoms with van der Waals surface area (Å²) in [5.74, 6) is -0.0998. The van der Waals surface area contributed by atoms with Crippen LogP contribution in [0.25, 0.3) is 22.3 Å². The first-order valence-corrected chi connectivity index (χ1v) is 11.5. The minimum absolute atomic E-state index is 0.0408. The van der Waals surface area contributed by atoms with Gasteiger partial charge in [-0.15, -0.1) is 11.3 Å². The number of amides is 1. The Labute approximate surface area is 187 Å². The molecule has 162 valence electrons. The van der Waals surface area contributed by atoms with Crippen LogP contribution in [-0.2, 0) is 9.53 Å². The molecule has 7 heteroatoms. The van der Waals surface area contributed by atoms with E-state index in [-0.39, 0.29) is 18.0 Å². The highest BCUT2D eigenvalue weighted by atomic mass is 32.1. The number of carbonyl (C=O) groups is 1. The van der Waals surface area contributed by atoms with Gasteiger partial charge in [-0.3, -0.25) is 9.69 Å². The minimum Gasteiger partial charge on any atom is -0.379 e. The van der Waals surface area contributed by atoms with Crippen molar-refractivity contribution in [1.82, 2.24) is 20.0 Å². The molecule has 0 radical (unpaired) electrons. The van der Waals surface area contributed by atoms with Crippen molar-refractivity contribution in [3.8, 4) is 16.3 Å². The summed E-state index contributed by atoms with van der Waals surface area (Å²) in [5.41, 5.74) is 2.77. The molecule has 0 bridgehead atoms. The number of rotatable bonds is 7. The summed E-state index contributed by atoms with van der Waals surface area (Å²) in [6, 6.07) is 14.3. The zero-order valence-electron chi connectivity index (χ0n) is 17.9. The summed E-state index contributed by atoms with van der Waals surface area (Å²) < 4.78 is 7.28. The molecule has 1 N–H and O–H groups in total. The zero-order valence-corrected chi connectivity index (χ0v) is 18.7. The highest BCUT2D eigenvalue weighted by molar-refractivity contribution is 7.13. The van der Waals surface area contributed by atoms with Crippen LogP contribution in [-0.4, -0.2) is 59.0 Å². The van der Waals surface area contributed by atoms with Crippen molar-refractivity contribution in [2.24, 2.45) is 0 Å². The maximum atomic E-state index is 12.6. The van der Waals surface area contributed by atoms with Crippen molar-refractivity contribution in [2.45, 2.75) is 25.9 Å². The van der Waals surface area contributed by atoms with Gasteiger partial charge in [0.05, 0.1) is 23.8 Å². The molecule has 1 saturated heterocycles. The van der Waals surface area contributed by atoms with Crippen LogP contribution in [0, 0.1) is 0 Å².